The molecule has 1 heterocycles. The second-order valence-electron chi connectivity index (χ2n) is 7.34. The number of carbonyl (C=O) groups excluding carboxylic acids is 2. The standard InChI is InChI=1S/C25H26ClNO7/c1-30-20-10-16(11-21(31-2)23(20)32-3)22-18(24(28)33-4)13-27(14-19(22)25(29)34-5)12-15-6-8-17(26)9-7-15/h6-11,13-14,22H,12H2,1-5H3. The Bertz CT molecular complexity index is 1070. The molecule has 180 valence electrons. The van der Waals surface area contributed by atoms with Crippen molar-refractivity contribution in [3.8, 4) is 17.2 Å². The third-order valence-corrected chi connectivity index (χ3v) is 5.62. The number of ether oxygens (including phenoxy) is 5. The molecule has 0 radical (unpaired) electrons. The van der Waals surface area contributed by atoms with Gasteiger partial charge in [-0.2, -0.15) is 0 Å². The molecule has 8 nitrogen and oxygen atoms in total. The van der Waals surface area contributed by atoms with Crippen LogP contribution in [0.3, 0.4) is 0 Å². The summed E-state index contributed by atoms with van der Waals surface area (Å²) in [4.78, 5) is 27.5. The number of methoxy groups -OCH3 is 5. The minimum atomic E-state index is -0.796. The first-order valence-corrected chi connectivity index (χ1v) is 10.6. The zero-order valence-corrected chi connectivity index (χ0v) is 20.3. The maximum Gasteiger partial charge on any atom is 0.336 e. The van der Waals surface area contributed by atoms with Gasteiger partial charge in [0.25, 0.3) is 0 Å². The fourth-order valence-electron chi connectivity index (χ4n) is 3.81. The molecule has 0 saturated heterocycles. The molecule has 0 saturated carbocycles. The molecule has 0 bridgehead atoms. The highest BCUT2D eigenvalue weighted by Crippen LogP contribution is 2.45. The molecular formula is C25H26ClNO7. The lowest BCUT2D eigenvalue weighted by Crippen LogP contribution is -2.28. The van der Waals surface area contributed by atoms with Gasteiger partial charge in [0.15, 0.2) is 11.5 Å². The van der Waals surface area contributed by atoms with Crippen molar-refractivity contribution in [1.29, 1.82) is 0 Å². The molecule has 2 aromatic carbocycles. The monoisotopic (exact) mass is 487 g/mol. The van der Waals surface area contributed by atoms with Crippen LogP contribution in [-0.2, 0) is 25.6 Å². The summed E-state index contributed by atoms with van der Waals surface area (Å²) in [5.74, 6) is -0.817. The average Bonchev–Trinajstić information content (AvgIpc) is 2.87. The molecule has 34 heavy (non-hydrogen) atoms. The Morgan fingerprint density at radius 1 is 0.824 bits per heavy atom. The molecule has 1 aliphatic rings. The van der Waals surface area contributed by atoms with Crippen LogP contribution in [0.2, 0.25) is 5.02 Å². The lowest BCUT2D eigenvalue weighted by atomic mass is 9.83. The molecule has 2 aromatic rings. The van der Waals surface area contributed by atoms with Crippen molar-refractivity contribution in [2.24, 2.45) is 0 Å². The van der Waals surface area contributed by atoms with Crippen LogP contribution in [0.1, 0.15) is 17.0 Å². The van der Waals surface area contributed by atoms with Crippen LogP contribution >= 0.6 is 11.6 Å². The van der Waals surface area contributed by atoms with Gasteiger partial charge < -0.3 is 28.6 Å². The van der Waals surface area contributed by atoms with E-state index in [9.17, 15) is 9.59 Å². The van der Waals surface area contributed by atoms with E-state index in [1.165, 1.54) is 35.5 Å². The van der Waals surface area contributed by atoms with E-state index >= 15 is 0 Å². The Kier molecular flexibility index (Phi) is 8.07. The van der Waals surface area contributed by atoms with Gasteiger partial charge in [-0.3, -0.25) is 0 Å². The van der Waals surface area contributed by atoms with Crippen molar-refractivity contribution in [2.75, 3.05) is 35.5 Å². The van der Waals surface area contributed by atoms with Crippen LogP contribution in [0.25, 0.3) is 0 Å². The molecule has 0 atom stereocenters. The number of hydrogen-bond donors (Lipinski definition) is 0. The molecule has 0 unspecified atom stereocenters. The molecule has 0 fully saturated rings. The zero-order chi connectivity index (χ0) is 24.8. The van der Waals surface area contributed by atoms with Gasteiger partial charge in [-0.25, -0.2) is 9.59 Å². The van der Waals surface area contributed by atoms with Crippen molar-refractivity contribution in [3.63, 3.8) is 0 Å². The summed E-state index contributed by atoms with van der Waals surface area (Å²) >= 11 is 5.99. The van der Waals surface area contributed by atoms with Crippen LogP contribution in [0, 0.1) is 0 Å². The Balaban J connectivity index is 2.16. The maximum absolute atomic E-state index is 12.9. The van der Waals surface area contributed by atoms with Crippen LogP contribution in [-0.4, -0.2) is 52.4 Å². The zero-order valence-electron chi connectivity index (χ0n) is 19.6. The topological polar surface area (TPSA) is 83.5 Å². The summed E-state index contributed by atoms with van der Waals surface area (Å²) in [6.07, 6.45) is 3.31. The molecule has 0 N–H and O–H groups in total. The molecule has 0 spiro atoms. The van der Waals surface area contributed by atoms with E-state index in [1.807, 2.05) is 12.1 Å². The van der Waals surface area contributed by atoms with E-state index < -0.39 is 17.9 Å². The first-order valence-electron chi connectivity index (χ1n) is 10.3. The van der Waals surface area contributed by atoms with Crippen LogP contribution in [0.4, 0.5) is 0 Å². The van der Waals surface area contributed by atoms with E-state index in [1.54, 1.807) is 41.6 Å². The average molecular weight is 488 g/mol. The Labute approximate surface area is 203 Å². The lowest BCUT2D eigenvalue weighted by molar-refractivity contribution is -0.137. The highest BCUT2D eigenvalue weighted by atomic mass is 35.5. The minimum Gasteiger partial charge on any atom is -0.493 e. The summed E-state index contributed by atoms with van der Waals surface area (Å²) in [6.45, 7) is 0.389. The normalized spacial score (nSPS) is 13.5. The number of carbonyl (C=O) groups is 2. The highest BCUT2D eigenvalue weighted by Gasteiger charge is 2.36. The lowest BCUT2D eigenvalue weighted by Gasteiger charge is -2.30. The second-order valence-corrected chi connectivity index (χ2v) is 7.78. The van der Waals surface area contributed by atoms with Crippen molar-refractivity contribution < 1.29 is 33.3 Å². The van der Waals surface area contributed by atoms with Gasteiger partial charge in [-0.15, -0.1) is 0 Å². The van der Waals surface area contributed by atoms with Crippen LogP contribution < -0.4 is 14.2 Å². The number of halogens is 1. The quantitative estimate of drug-likeness (QED) is 0.515. The van der Waals surface area contributed by atoms with Crippen molar-refractivity contribution in [2.45, 2.75) is 12.5 Å². The van der Waals surface area contributed by atoms with E-state index in [0.717, 1.165) is 5.56 Å². The third-order valence-electron chi connectivity index (χ3n) is 5.37. The summed E-state index contributed by atoms with van der Waals surface area (Å²) < 4.78 is 26.5. The number of rotatable bonds is 8. The predicted octanol–water partition coefficient (Wildman–Crippen LogP) is 4.08. The Morgan fingerprint density at radius 2 is 1.32 bits per heavy atom. The molecule has 1 aliphatic heterocycles. The molecule has 3 rings (SSSR count). The molecule has 0 amide bonds. The van der Waals surface area contributed by atoms with E-state index in [2.05, 4.69) is 0 Å². The first-order chi connectivity index (χ1) is 16.4. The van der Waals surface area contributed by atoms with Crippen LogP contribution in [0.5, 0.6) is 17.2 Å². The number of benzene rings is 2. The second kappa shape index (κ2) is 11.0. The smallest absolute Gasteiger partial charge is 0.336 e. The maximum atomic E-state index is 12.9. The summed E-state index contributed by atoms with van der Waals surface area (Å²) in [6, 6.07) is 10.7. The predicted molar refractivity (Wildman–Crippen MR) is 126 cm³/mol. The summed E-state index contributed by atoms with van der Waals surface area (Å²) in [7, 11) is 7.05. The molecule has 0 aromatic heterocycles. The highest BCUT2D eigenvalue weighted by molar-refractivity contribution is 6.30. The Morgan fingerprint density at radius 3 is 1.74 bits per heavy atom. The van der Waals surface area contributed by atoms with Gasteiger partial charge >= 0.3 is 11.9 Å². The summed E-state index contributed by atoms with van der Waals surface area (Å²) in [5, 5.41) is 0.612. The van der Waals surface area contributed by atoms with E-state index in [0.29, 0.717) is 34.4 Å². The first kappa shape index (κ1) is 25.0. The van der Waals surface area contributed by atoms with E-state index in [4.69, 9.17) is 35.3 Å². The van der Waals surface area contributed by atoms with E-state index in [-0.39, 0.29) is 11.1 Å². The van der Waals surface area contributed by atoms with Gasteiger partial charge in [0, 0.05) is 24.0 Å². The fourth-order valence-corrected chi connectivity index (χ4v) is 3.93. The third kappa shape index (κ3) is 5.12. The SMILES string of the molecule is COC(=O)C1=CN(Cc2ccc(Cl)cc2)C=C(C(=O)OC)C1c1cc(OC)c(OC)c(OC)c1. The van der Waals surface area contributed by atoms with Crippen LogP contribution in [0.15, 0.2) is 59.9 Å². The van der Waals surface area contributed by atoms with Crippen molar-refractivity contribution in [1.82, 2.24) is 4.90 Å². The Hall–Kier alpha value is -3.65. The summed E-state index contributed by atoms with van der Waals surface area (Å²) in [5.41, 5.74) is 1.98. The molecule has 0 aliphatic carbocycles. The largest absolute Gasteiger partial charge is 0.493 e. The number of esters is 2. The molecule has 9 heteroatoms. The van der Waals surface area contributed by atoms with Crippen molar-refractivity contribution >= 4 is 23.5 Å². The number of hydrogen-bond acceptors (Lipinski definition) is 8. The number of nitrogens with zero attached hydrogens (tertiary/aromatic N) is 1. The van der Waals surface area contributed by atoms with Gasteiger partial charge in [0.1, 0.15) is 0 Å². The molecular weight excluding hydrogens is 462 g/mol. The van der Waals surface area contributed by atoms with Gasteiger partial charge in [-0.05, 0) is 35.4 Å². The fraction of sp³-hybridized carbons (Fsp3) is 0.280. The van der Waals surface area contributed by atoms with Gasteiger partial charge in [-0.1, -0.05) is 23.7 Å². The minimum absolute atomic E-state index is 0.244. The van der Waals surface area contributed by atoms with Gasteiger partial charge in [0.05, 0.1) is 52.6 Å². The van der Waals surface area contributed by atoms with Crippen molar-refractivity contribution in [3.05, 3.63) is 76.1 Å². The van der Waals surface area contributed by atoms with Gasteiger partial charge in [0.2, 0.25) is 5.75 Å².